The molecule has 0 saturated carbocycles. The Hall–Kier alpha value is -2.60. The van der Waals surface area contributed by atoms with E-state index in [1.807, 2.05) is 6.92 Å². The lowest BCUT2D eigenvalue weighted by Gasteiger charge is -2.29. The van der Waals surface area contributed by atoms with Crippen LogP contribution in [0.25, 0.3) is 0 Å². The van der Waals surface area contributed by atoms with Crippen molar-refractivity contribution in [2.75, 3.05) is 19.8 Å². The Morgan fingerprint density at radius 2 is 1.44 bits per heavy atom. The van der Waals surface area contributed by atoms with Crippen LogP contribution in [-0.2, 0) is 21.7 Å². The van der Waals surface area contributed by atoms with Gasteiger partial charge in [-0.2, -0.15) is 26.3 Å². The van der Waals surface area contributed by atoms with Gasteiger partial charge in [0.1, 0.15) is 0 Å². The van der Waals surface area contributed by atoms with Gasteiger partial charge in [0.15, 0.2) is 0 Å². The van der Waals surface area contributed by atoms with E-state index in [4.69, 9.17) is 9.47 Å². The van der Waals surface area contributed by atoms with Gasteiger partial charge in [-0.1, -0.05) is 49.4 Å². The van der Waals surface area contributed by atoms with E-state index in [1.54, 1.807) is 18.2 Å². The van der Waals surface area contributed by atoms with E-state index in [-0.39, 0.29) is 17.7 Å². The first-order valence-electron chi connectivity index (χ1n) is 10.6. The molecule has 12 heteroatoms. The highest BCUT2D eigenvalue weighted by atomic mass is 19.4. The van der Waals surface area contributed by atoms with E-state index in [9.17, 15) is 26.3 Å². The van der Waals surface area contributed by atoms with Crippen molar-refractivity contribution in [1.82, 2.24) is 0 Å². The molecule has 0 N–H and O–H groups in total. The standard InChI is InChI=1S/C22H22F6N4O2/c1-18(9-7-17(8-10-18)20(31-32-20)22(26,27)28)14-34-12-2-11-33-13-15-3-5-16(6-4-15)19(29-30-19)21(23,24)25/h3-9H,2,10-14H2,1H3. The molecule has 2 aliphatic heterocycles. The molecule has 0 radical (unpaired) electrons. The van der Waals surface area contributed by atoms with Crippen LogP contribution < -0.4 is 0 Å². The van der Waals surface area contributed by atoms with Crippen LogP contribution in [0.4, 0.5) is 26.3 Å². The first-order chi connectivity index (χ1) is 15.9. The molecule has 6 nitrogen and oxygen atoms in total. The summed E-state index contributed by atoms with van der Waals surface area (Å²) in [4.78, 5) is 0. The fraction of sp³-hybridized carbons (Fsp3) is 0.545. The predicted molar refractivity (Wildman–Crippen MR) is 108 cm³/mol. The van der Waals surface area contributed by atoms with Crippen molar-refractivity contribution in [2.45, 2.75) is 50.1 Å². The Balaban J connectivity index is 1.12. The minimum absolute atomic E-state index is 0.0288. The summed E-state index contributed by atoms with van der Waals surface area (Å²) in [5, 5.41) is 12.8. The van der Waals surface area contributed by atoms with Gasteiger partial charge in [-0.05, 0) is 18.4 Å². The van der Waals surface area contributed by atoms with E-state index < -0.39 is 29.1 Å². The highest BCUT2D eigenvalue weighted by Crippen LogP contribution is 2.53. The molecular weight excluding hydrogens is 466 g/mol. The summed E-state index contributed by atoms with van der Waals surface area (Å²) in [6.07, 6.45) is -3.51. The number of nitrogens with zero attached hydrogens (tertiary/aromatic N) is 4. The minimum Gasteiger partial charge on any atom is -0.380 e. The monoisotopic (exact) mass is 488 g/mol. The van der Waals surface area contributed by atoms with Crippen LogP contribution in [0, 0.1) is 5.41 Å². The van der Waals surface area contributed by atoms with Crippen LogP contribution in [0.1, 0.15) is 30.9 Å². The van der Waals surface area contributed by atoms with Gasteiger partial charge >= 0.3 is 23.7 Å². The molecule has 2 heterocycles. The first-order valence-corrected chi connectivity index (χ1v) is 10.6. The molecule has 0 saturated heterocycles. The minimum atomic E-state index is -4.55. The summed E-state index contributed by atoms with van der Waals surface area (Å²) >= 11 is 0. The van der Waals surface area contributed by atoms with E-state index >= 15 is 0 Å². The molecule has 34 heavy (non-hydrogen) atoms. The van der Waals surface area contributed by atoms with E-state index in [0.717, 1.165) is 5.56 Å². The van der Waals surface area contributed by atoms with Crippen molar-refractivity contribution >= 4 is 0 Å². The third-order valence-electron chi connectivity index (χ3n) is 5.88. The second kappa shape index (κ2) is 8.56. The molecule has 0 aromatic heterocycles. The molecule has 0 bridgehead atoms. The van der Waals surface area contributed by atoms with Gasteiger partial charge in [0.2, 0.25) is 0 Å². The second-order valence-electron chi connectivity index (χ2n) is 8.75. The third kappa shape index (κ3) is 4.78. The van der Waals surface area contributed by atoms with Crippen molar-refractivity contribution in [3.63, 3.8) is 0 Å². The number of hydrogen-bond donors (Lipinski definition) is 0. The smallest absolute Gasteiger partial charge is 0.380 e. The highest BCUT2D eigenvalue weighted by Gasteiger charge is 2.66. The lowest BCUT2D eigenvalue weighted by Crippen LogP contribution is -2.35. The van der Waals surface area contributed by atoms with Crippen molar-refractivity contribution < 1.29 is 35.8 Å². The molecule has 1 unspecified atom stereocenters. The second-order valence-corrected chi connectivity index (χ2v) is 8.75. The topological polar surface area (TPSA) is 67.9 Å². The maximum Gasteiger partial charge on any atom is 0.442 e. The lowest BCUT2D eigenvalue weighted by atomic mass is 9.80. The molecule has 0 amide bonds. The Morgan fingerprint density at radius 1 is 0.853 bits per heavy atom. The lowest BCUT2D eigenvalue weighted by molar-refractivity contribution is -0.166. The van der Waals surface area contributed by atoms with Gasteiger partial charge in [-0.3, -0.25) is 0 Å². The maximum atomic E-state index is 13.1. The van der Waals surface area contributed by atoms with Crippen LogP contribution >= 0.6 is 0 Å². The number of hydrogen-bond acceptors (Lipinski definition) is 6. The molecule has 184 valence electrons. The van der Waals surface area contributed by atoms with Crippen molar-refractivity contribution in [3.05, 3.63) is 59.2 Å². The molecule has 4 rings (SSSR count). The SMILES string of the molecule is CC1(COCCCOCc2ccc(C3(C(F)(F)F)N=N3)cc2)C=CC(C2(C(F)(F)F)N=N2)=CC1. The normalized spacial score (nSPS) is 24.3. The summed E-state index contributed by atoms with van der Waals surface area (Å²) in [5.41, 5.74) is -4.52. The Bertz CT molecular complexity index is 1020. The van der Waals surface area contributed by atoms with Crippen molar-refractivity contribution in [2.24, 2.45) is 25.9 Å². The average molecular weight is 488 g/mol. The summed E-state index contributed by atoms with van der Waals surface area (Å²) in [6, 6.07) is 5.78. The van der Waals surface area contributed by atoms with Crippen LogP contribution in [0.2, 0.25) is 0 Å². The number of allylic oxidation sites excluding steroid dienone is 1. The number of ether oxygens (including phenoxy) is 2. The summed E-state index contributed by atoms with van der Waals surface area (Å²) < 4.78 is 89.5. The summed E-state index contributed by atoms with van der Waals surface area (Å²) in [6.45, 7) is 3.24. The Kier molecular flexibility index (Phi) is 6.17. The maximum absolute atomic E-state index is 13.1. The number of alkyl halides is 6. The zero-order chi connectivity index (χ0) is 24.7. The van der Waals surface area contributed by atoms with E-state index in [0.29, 0.717) is 32.7 Å². The zero-order valence-corrected chi connectivity index (χ0v) is 18.2. The molecule has 1 aromatic carbocycles. The average Bonchev–Trinajstić information content (AvgIpc) is 3.66. The van der Waals surface area contributed by atoms with Gasteiger partial charge in [0.25, 0.3) is 0 Å². The van der Waals surface area contributed by atoms with Crippen LogP contribution in [0.3, 0.4) is 0 Å². The fourth-order valence-electron chi connectivity index (χ4n) is 3.61. The van der Waals surface area contributed by atoms with Crippen molar-refractivity contribution in [1.29, 1.82) is 0 Å². The van der Waals surface area contributed by atoms with Gasteiger partial charge in [-0.25, -0.2) is 0 Å². The number of rotatable bonds is 10. The zero-order valence-electron chi connectivity index (χ0n) is 18.2. The number of benzene rings is 1. The van der Waals surface area contributed by atoms with Gasteiger partial charge < -0.3 is 9.47 Å². The van der Waals surface area contributed by atoms with Gasteiger partial charge in [-0.15, -0.1) is 20.5 Å². The van der Waals surface area contributed by atoms with Crippen LogP contribution in [0.5, 0.6) is 0 Å². The van der Waals surface area contributed by atoms with Gasteiger partial charge in [0, 0.05) is 29.8 Å². The van der Waals surface area contributed by atoms with Crippen LogP contribution in [-0.4, -0.2) is 37.8 Å². The molecule has 0 fully saturated rings. The molecule has 3 aliphatic rings. The third-order valence-corrected chi connectivity index (χ3v) is 5.88. The Morgan fingerprint density at radius 3 is 1.94 bits per heavy atom. The molecule has 1 atom stereocenters. The van der Waals surface area contributed by atoms with Gasteiger partial charge in [0.05, 0.1) is 13.2 Å². The fourth-order valence-corrected chi connectivity index (χ4v) is 3.61. The van der Waals surface area contributed by atoms with Crippen molar-refractivity contribution in [3.8, 4) is 0 Å². The molecular formula is C22H22F6N4O2. The van der Waals surface area contributed by atoms with E-state index in [2.05, 4.69) is 20.5 Å². The summed E-state index contributed by atoms with van der Waals surface area (Å²) in [5.74, 6) is 0. The highest BCUT2D eigenvalue weighted by molar-refractivity contribution is 5.40. The molecule has 1 aliphatic carbocycles. The first kappa shape index (κ1) is 24.5. The van der Waals surface area contributed by atoms with E-state index in [1.165, 1.54) is 24.3 Å². The quantitative estimate of drug-likeness (QED) is 0.282. The molecule has 0 spiro atoms. The number of halogens is 6. The Labute approximate surface area is 191 Å². The summed E-state index contributed by atoms with van der Waals surface area (Å²) in [7, 11) is 0. The largest absolute Gasteiger partial charge is 0.442 e. The molecule has 1 aromatic rings. The van der Waals surface area contributed by atoms with Crippen LogP contribution in [0.15, 0.2) is 68.5 Å². The predicted octanol–water partition coefficient (Wildman–Crippen LogP) is 6.41.